The Bertz CT molecular complexity index is 461. The zero-order chi connectivity index (χ0) is 15.4. The van der Waals surface area contributed by atoms with Crippen LogP contribution >= 0.6 is 0 Å². The molecule has 0 radical (unpaired) electrons. The van der Waals surface area contributed by atoms with Crippen molar-refractivity contribution in [3.63, 3.8) is 0 Å². The lowest BCUT2D eigenvalue weighted by Gasteiger charge is -2.37. The predicted octanol–water partition coefficient (Wildman–Crippen LogP) is 2.38. The number of piperidine rings is 1. The molecule has 2 atom stereocenters. The van der Waals surface area contributed by atoms with E-state index in [1.54, 1.807) is 0 Å². The quantitative estimate of drug-likeness (QED) is 0.899. The average molecular weight is 292 g/mol. The van der Waals surface area contributed by atoms with Gasteiger partial charge in [0.25, 0.3) is 0 Å². The van der Waals surface area contributed by atoms with E-state index in [0.29, 0.717) is 23.9 Å². The van der Waals surface area contributed by atoms with E-state index in [1.165, 1.54) is 12.8 Å². The number of rotatable bonds is 5. The maximum Gasteiger partial charge on any atom is 0.232 e. The van der Waals surface area contributed by atoms with Crippen molar-refractivity contribution in [3.8, 4) is 0 Å². The Morgan fingerprint density at radius 3 is 2.62 bits per heavy atom. The number of hydrogen-bond donors (Lipinski definition) is 1. The molecular weight excluding hydrogens is 264 g/mol. The van der Waals surface area contributed by atoms with Crippen LogP contribution in [0.1, 0.15) is 40.0 Å². The highest BCUT2D eigenvalue weighted by Crippen LogP contribution is 2.26. The van der Waals surface area contributed by atoms with Crippen LogP contribution in [0, 0.1) is 5.92 Å². The van der Waals surface area contributed by atoms with Gasteiger partial charge < -0.3 is 15.1 Å². The maximum absolute atomic E-state index is 4.64. The first-order valence-electron chi connectivity index (χ1n) is 7.95. The third-order valence-electron chi connectivity index (χ3n) is 3.92. The van der Waals surface area contributed by atoms with Crippen LogP contribution in [0.15, 0.2) is 0 Å². The molecule has 1 aromatic rings. The Morgan fingerprint density at radius 2 is 1.95 bits per heavy atom. The lowest BCUT2D eigenvalue weighted by atomic mass is 9.95. The standard InChI is InChI=1S/C15H28N6/c1-6-9-16-13-17-14(20(4)5)19-15(18-13)21-10-11(2)7-8-12(21)3/h11-12H,6-10H2,1-5H3,(H,16,17,18,19). The molecule has 2 heterocycles. The van der Waals surface area contributed by atoms with E-state index in [1.807, 2.05) is 19.0 Å². The lowest BCUT2D eigenvalue weighted by molar-refractivity contribution is 0.385. The first kappa shape index (κ1) is 15.8. The predicted molar refractivity (Wildman–Crippen MR) is 88.1 cm³/mol. The summed E-state index contributed by atoms with van der Waals surface area (Å²) in [5, 5.41) is 3.28. The van der Waals surface area contributed by atoms with Gasteiger partial charge in [-0.25, -0.2) is 0 Å². The Labute approximate surface area is 128 Å². The van der Waals surface area contributed by atoms with Gasteiger partial charge in [0, 0.05) is 33.2 Å². The fourth-order valence-electron chi connectivity index (χ4n) is 2.57. The molecule has 1 saturated heterocycles. The minimum absolute atomic E-state index is 0.484. The molecule has 0 bridgehead atoms. The lowest BCUT2D eigenvalue weighted by Crippen LogP contribution is -2.42. The van der Waals surface area contributed by atoms with Crippen molar-refractivity contribution >= 4 is 17.8 Å². The van der Waals surface area contributed by atoms with Gasteiger partial charge in [-0.1, -0.05) is 13.8 Å². The van der Waals surface area contributed by atoms with E-state index in [0.717, 1.165) is 25.5 Å². The van der Waals surface area contributed by atoms with Crippen LogP contribution in [-0.4, -0.2) is 48.2 Å². The first-order valence-corrected chi connectivity index (χ1v) is 7.95. The molecule has 21 heavy (non-hydrogen) atoms. The van der Waals surface area contributed by atoms with Crippen LogP contribution < -0.4 is 15.1 Å². The Balaban J connectivity index is 2.29. The summed E-state index contributed by atoms with van der Waals surface area (Å²) >= 11 is 0. The Morgan fingerprint density at radius 1 is 1.19 bits per heavy atom. The van der Waals surface area contributed by atoms with Gasteiger partial charge in [-0.15, -0.1) is 0 Å². The topological polar surface area (TPSA) is 57.2 Å². The van der Waals surface area contributed by atoms with E-state index in [9.17, 15) is 0 Å². The second-order valence-corrected chi connectivity index (χ2v) is 6.26. The van der Waals surface area contributed by atoms with Crippen molar-refractivity contribution in [2.45, 2.75) is 46.1 Å². The number of hydrogen-bond acceptors (Lipinski definition) is 6. The average Bonchev–Trinajstić information content (AvgIpc) is 2.47. The molecule has 118 valence electrons. The number of aromatic nitrogens is 3. The summed E-state index contributed by atoms with van der Waals surface area (Å²) in [6, 6.07) is 0.484. The number of anilines is 3. The fraction of sp³-hybridized carbons (Fsp3) is 0.800. The normalized spacial score (nSPS) is 22.2. The number of nitrogens with zero attached hydrogens (tertiary/aromatic N) is 5. The van der Waals surface area contributed by atoms with Crippen LogP contribution in [0.25, 0.3) is 0 Å². The van der Waals surface area contributed by atoms with Gasteiger partial charge in [0.05, 0.1) is 0 Å². The van der Waals surface area contributed by atoms with Crippen LogP contribution in [0.4, 0.5) is 17.8 Å². The van der Waals surface area contributed by atoms with Gasteiger partial charge in [-0.2, -0.15) is 15.0 Å². The zero-order valence-electron chi connectivity index (χ0n) is 13.9. The fourth-order valence-corrected chi connectivity index (χ4v) is 2.57. The van der Waals surface area contributed by atoms with Gasteiger partial charge in [0.2, 0.25) is 17.8 Å². The van der Waals surface area contributed by atoms with Crippen molar-refractivity contribution in [2.24, 2.45) is 5.92 Å². The number of nitrogens with one attached hydrogen (secondary N) is 1. The summed E-state index contributed by atoms with van der Waals surface area (Å²) in [6.45, 7) is 8.58. The second-order valence-electron chi connectivity index (χ2n) is 6.26. The van der Waals surface area contributed by atoms with Crippen LogP contribution in [-0.2, 0) is 0 Å². The molecule has 2 rings (SSSR count). The van der Waals surface area contributed by atoms with Gasteiger partial charge in [-0.3, -0.25) is 0 Å². The van der Waals surface area contributed by atoms with Gasteiger partial charge in [0.1, 0.15) is 0 Å². The van der Waals surface area contributed by atoms with Crippen molar-refractivity contribution in [2.75, 3.05) is 42.3 Å². The van der Waals surface area contributed by atoms with Crippen molar-refractivity contribution < 1.29 is 0 Å². The Kier molecular flexibility index (Phi) is 5.20. The summed E-state index contributed by atoms with van der Waals surface area (Å²) in [7, 11) is 3.93. The van der Waals surface area contributed by atoms with E-state index in [4.69, 9.17) is 0 Å². The molecule has 1 aliphatic rings. The molecule has 0 amide bonds. The smallest absolute Gasteiger partial charge is 0.232 e. The van der Waals surface area contributed by atoms with Crippen LogP contribution in [0.2, 0.25) is 0 Å². The summed E-state index contributed by atoms with van der Waals surface area (Å²) in [5.74, 6) is 2.87. The molecule has 1 fully saturated rings. The largest absolute Gasteiger partial charge is 0.354 e. The van der Waals surface area contributed by atoms with Crippen LogP contribution in [0.5, 0.6) is 0 Å². The highest BCUT2D eigenvalue weighted by Gasteiger charge is 2.26. The second kappa shape index (κ2) is 6.91. The molecule has 0 saturated carbocycles. The first-order chi connectivity index (χ1) is 10.0. The van der Waals surface area contributed by atoms with Crippen molar-refractivity contribution in [1.82, 2.24) is 15.0 Å². The van der Waals surface area contributed by atoms with Gasteiger partial charge in [0.15, 0.2) is 0 Å². The van der Waals surface area contributed by atoms with E-state index in [-0.39, 0.29) is 0 Å². The third-order valence-corrected chi connectivity index (χ3v) is 3.92. The maximum atomic E-state index is 4.64. The van der Waals surface area contributed by atoms with E-state index >= 15 is 0 Å². The Hall–Kier alpha value is -1.59. The molecule has 1 N–H and O–H groups in total. The van der Waals surface area contributed by atoms with Crippen LogP contribution in [0.3, 0.4) is 0 Å². The summed E-state index contributed by atoms with van der Waals surface area (Å²) in [6.07, 6.45) is 3.53. The molecule has 1 aliphatic heterocycles. The highest BCUT2D eigenvalue weighted by molar-refractivity contribution is 5.45. The minimum Gasteiger partial charge on any atom is -0.354 e. The molecule has 2 unspecified atom stereocenters. The summed E-state index contributed by atoms with van der Waals surface area (Å²) in [5.41, 5.74) is 0. The monoisotopic (exact) mass is 292 g/mol. The summed E-state index contributed by atoms with van der Waals surface area (Å²) in [4.78, 5) is 18.0. The SMILES string of the molecule is CCCNc1nc(N(C)C)nc(N2CC(C)CCC2C)n1. The van der Waals surface area contributed by atoms with E-state index < -0.39 is 0 Å². The minimum atomic E-state index is 0.484. The molecule has 0 aliphatic carbocycles. The molecule has 1 aromatic heterocycles. The summed E-state index contributed by atoms with van der Waals surface area (Å²) < 4.78 is 0. The zero-order valence-corrected chi connectivity index (χ0v) is 13.9. The van der Waals surface area contributed by atoms with Crippen molar-refractivity contribution in [1.29, 1.82) is 0 Å². The molecule has 6 nitrogen and oxygen atoms in total. The molecule has 0 spiro atoms. The van der Waals surface area contributed by atoms with Crippen molar-refractivity contribution in [3.05, 3.63) is 0 Å². The molecule has 0 aromatic carbocycles. The molecule has 6 heteroatoms. The molecular formula is C15H28N6. The third kappa shape index (κ3) is 3.95. The highest BCUT2D eigenvalue weighted by atomic mass is 15.4. The van der Waals surface area contributed by atoms with E-state index in [2.05, 4.69) is 45.9 Å². The van der Waals surface area contributed by atoms with Gasteiger partial charge >= 0.3 is 0 Å². The van der Waals surface area contributed by atoms with Gasteiger partial charge in [-0.05, 0) is 32.1 Å².